The van der Waals surface area contributed by atoms with E-state index in [1.165, 1.54) is 25.3 Å². The van der Waals surface area contributed by atoms with E-state index < -0.39 is 0 Å². The maximum Gasteiger partial charge on any atom is 0.138 e. The van der Waals surface area contributed by atoms with Crippen LogP contribution in [0.15, 0.2) is 36.4 Å². The molecule has 0 heterocycles. The maximum atomic E-state index is 13.8. The normalized spacial score (nSPS) is 26.4. The summed E-state index contributed by atoms with van der Waals surface area (Å²) in [6, 6.07) is 12.4. The molecule has 0 amide bonds. The Morgan fingerprint density at radius 3 is 2.79 bits per heavy atom. The molecule has 2 aromatic carbocycles. The third-order valence-corrected chi connectivity index (χ3v) is 6.64. The lowest BCUT2D eigenvalue weighted by Gasteiger charge is -2.27. The first-order valence-electron chi connectivity index (χ1n) is 10.4. The molecule has 4 unspecified atom stereocenters. The van der Waals surface area contributed by atoms with Crippen LogP contribution in [0.1, 0.15) is 61.3 Å². The minimum Gasteiger partial charge on any atom is -0.484 e. The van der Waals surface area contributed by atoms with E-state index in [1.54, 1.807) is 24.3 Å². The Bertz CT molecular complexity index is 926. The van der Waals surface area contributed by atoms with Gasteiger partial charge in [0.05, 0.1) is 16.7 Å². The van der Waals surface area contributed by atoms with E-state index in [2.05, 4.69) is 6.07 Å². The highest BCUT2D eigenvalue weighted by Crippen LogP contribution is 2.45. The number of nitrogens with two attached hydrogens (primary N) is 1. The van der Waals surface area contributed by atoms with Crippen LogP contribution in [-0.4, -0.2) is 6.04 Å². The average Bonchev–Trinajstić information content (AvgIpc) is 2.87. The van der Waals surface area contributed by atoms with Crippen LogP contribution in [0.4, 0.5) is 4.39 Å². The number of fused-ring (bicyclic) bond motifs is 1. The number of hydrogen-bond acceptors (Lipinski definition) is 3. The molecule has 2 aliphatic rings. The maximum absolute atomic E-state index is 13.8. The highest BCUT2D eigenvalue weighted by molar-refractivity contribution is 6.32. The standard InChI is InChI=1S/C24H26ClFN2O/c25-22-11-16(14-27)5-8-23(22)29-24-18(9-15-3-1-2-4-20(28)10-15)12-17-13-19(26)6-7-21(17)24/h5-8,11,13,15,18,20,24H,1-4,9-10,12,28H2. The molecule has 0 saturated heterocycles. The third-order valence-electron chi connectivity index (χ3n) is 6.35. The summed E-state index contributed by atoms with van der Waals surface area (Å²) in [7, 11) is 0. The Kier molecular flexibility index (Phi) is 6.08. The highest BCUT2D eigenvalue weighted by Gasteiger charge is 2.36. The molecule has 4 rings (SSSR count). The lowest BCUT2D eigenvalue weighted by Crippen LogP contribution is -2.24. The van der Waals surface area contributed by atoms with Crippen molar-refractivity contribution >= 4 is 11.6 Å². The van der Waals surface area contributed by atoms with Gasteiger partial charge in [-0.15, -0.1) is 0 Å². The minimum atomic E-state index is -0.212. The van der Waals surface area contributed by atoms with E-state index in [0.717, 1.165) is 36.8 Å². The number of benzene rings is 2. The van der Waals surface area contributed by atoms with Crippen molar-refractivity contribution in [2.24, 2.45) is 17.6 Å². The van der Waals surface area contributed by atoms with Crippen molar-refractivity contribution in [2.45, 2.75) is 57.1 Å². The lowest BCUT2D eigenvalue weighted by atomic mass is 9.85. The van der Waals surface area contributed by atoms with Gasteiger partial charge in [0.15, 0.2) is 0 Å². The average molecular weight is 413 g/mol. The molecule has 2 aliphatic carbocycles. The molecule has 3 nitrogen and oxygen atoms in total. The Morgan fingerprint density at radius 1 is 1.17 bits per heavy atom. The topological polar surface area (TPSA) is 59.0 Å². The number of rotatable bonds is 4. The van der Waals surface area contributed by atoms with E-state index in [9.17, 15) is 4.39 Å². The molecule has 5 heteroatoms. The van der Waals surface area contributed by atoms with Gasteiger partial charge in [-0.05, 0) is 73.1 Å². The first-order chi connectivity index (χ1) is 14.0. The van der Waals surface area contributed by atoms with Crippen molar-refractivity contribution in [3.8, 4) is 11.8 Å². The fourth-order valence-corrected chi connectivity index (χ4v) is 5.21. The van der Waals surface area contributed by atoms with E-state index in [4.69, 9.17) is 27.3 Å². The number of nitrogens with zero attached hydrogens (tertiary/aromatic N) is 1. The molecule has 29 heavy (non-hydrogen) atoms. The Balaban J connectivity index is 1.59. The zero-order valence-corrected chi connectivity index (χ0v) is 17.2. The van der Waals surface area contributed by atoms with Crippen molar-refractivity contribution in [3.05, 3.63) is 63.9 Å². The lowest BCUT2D eigenvalue weighted by molar-refractivity contribution is 0.128. The van der Waals surface area contributed by atoms with Crippen LogP contribution in [0.3, 0.4) is 0 Å². The minimum absolute atomic E-state index is 0.171. The van der Waals surface area contributed by atoms with Gasteiger partial charge in [0, 0.05) is 12.0 Å². The number of nitriles is 1. The number of halogens is 2. The van der Waals surface area contributed by atoms with Crippen LogP contribution in [0.5, 0.6) is 5.75 Å². The molecule has 1 saturated carbocycles. The second-order valence-electron chi connectivity index (χ2n) is 8.48. The zero-order valence-electron chi connectivity index (χ0n) is 16.4. The van der Waals surface area contributed by atoms with Crippen LogP contribution < -0.4 is 10.5 Å². The van der Waals surface area contributed by atoms with Crippen molar-refractivity contribution in [1.29, 1.82) is 5.26 Å². The van der Waals surface area contributed by atoms with Crippen LogP contribution in [-0.2, 0) is 6.42 Å². The fraction of sp³-hybridized carbons (Fsp3) is 0.458. The summed E-state index contributed by atoms with van der Waals surface area (Å²) < 4.78 is 20.2. The molecule has 1 fully saturated rings. The largest absolute Gasteiger partial charge is 0.484 e. The van der Waals surface area contributed by atoms with Gasteiger partial charge in [-0.2, -0.15) is 5.26 Å². The summed E-state index contributed by atoms with van der Waals surface area (Å²) in [5.41, 5.74) is 8.84. The molecule has 0 aromatic heterocycles. The summed E-state index contributed by atoms with van der Waals surface area (Å²) in [6.45, 7) is 0. The molecule has 2 aromatic rings. The van der Waals surface area contributed by atoms with Crippen LogP contribution in [0.2, 0.25) is 5.02 Å². The Morgan fingerprint density at radius 2 is 2.00 bits per heavy atom. The van der Waals surface area contributed by atoms with Gasteiger partial charge >= 0.3 is 0 Å². The van der Waals surface area contributed by atoms with Gasteiger partial charge in [-0.1, -0.05) is 36.9 Å². The summed E-state index contributed by atoms with van der Waals surface area (Å²) in [5, 5.41) is 9.49. The number of hydrogen-bond donors (Lipinski definition) is 1. The summed E-state index contributed by atoms with van der Waals surface area (Å²) >= 11 is 6.37. The molecule has 0 radical (unpaired) electrons. The SMILES string of the molecule is N#Cc1ccc(OC2c3ccc(F)cc3CC2CC2CCCCC(N)C2)c(Cl)c1. The second kappa shape index (κ2) is 8.73. The van der Waals surface area contributed by atoms with Crippen molar-refractivity contribution in [3.63, 3.8) is 0 Å². The van der Waals surface area contributed by atoms with E-state index in [-0.39, 0.29) is 23.9 Å². The van der Waals surface area contributed by atoms with Crippen LogP contribution in [0.25, 0.3) is 0 Å². The van der Waals surface area contributed by atoms with E-state index >= 15 is 0 Å². The van der Waals surface area contributed by atoms with Gasteiger partial charge in [0.2, 0.25) is 0 Å². The first kappa shape index (κ1) is 20.2. The Hall–Kier alpha value is -2.09. The Labute approximate surface area is 176 Å². The quantitative estimate of drug-likeness (QED) is 0.632. The molecule has 0 spiro atoms. The third kappa shape index (κ3) is 4.57. The summed E-state index contributed by atoms with van der Waals surface area (Å²) in [6.07, 6.45) is 7.42. The zero-order chi connectivity index (χ0) is 20.4. The fourth-order valence-electron chi connectivity index (χ4n) is 4.99. The monoisotopic (exact) mass is 412 g/mol. The van der Waals surface area contributed by atoms with Gasteiger partial charge < -0.3 is 10.5 Å². The first-order valence-corrected chi connectivity index (χ1v) is 10.8. The molecular weight excluding hydrogens is 387 g/mol. The summed E-state index contributed by atoms with van der Waals surface area (Å²) in [5.74, 6) is 1.18. The number of ether oxygens (including phenoxy) is 1. The van der Waals surface area contributed by atoms with Gasteiger partial charge in [0.1, 0.15) is 17.7 Å². The van der Waals surface area contributed by atoms with Crippen LogP contribution >= 0.6 is 11.6 Å². The molecule has 4 atom stereocenters. The highest BCUT2D eigenvalue weighted by atomic mass is 35.5. The van der Waals surface area contributed by atoms with E-state index in [1.807, 2.05) is 6.07 Å². The smallest absolute Gasteiger partial charge is 0.138 e. The molecule has 0 aliphatic heterocycles. The summed E-state index contributed by atoms with van der Waals surface area (Å²) in [4.78, 5) is 0. The predicted octanol–water partition coefficient (Wildman–Crippen LogP) is 5.94. The van der Waals surface area contributed by atoms with Crippen molar-refractivity contribution in [2.75, 3.05) is 0 Å². The molecule has 2 N–H and O–H groups in total. The molecular formula is C24H26ClFN2O. The van der Waals surface area contributed by atoms with Crippen LogP contribution in [0, 0.1) is 29.0 Å². The van der Waals surface area contributed by atoms with Crippen molar-refractivity contribution in [1.82, 2.24) is 0 Å². The molecule has 0 bridgehead atoms. The second-order valence-corrected chi connectivity index (χ2v) is 8.89. The van der Waals surface area contributed by atoms with E-state index in [0.29, 0.717) is 22.3 Å². The van der Waals surface area contributed by atoms with Gasteiger partial charge in [-0.3, -0.25) is 0 Å². The molecule has 152 valence electrons. The van der Waals surface area contributed by atoms with Crippen molar-refractivity contribution < 1.29 is 9.13 Å². The van der Waals surface area contributed by atoms with Gasteiger partial charge in [0.25, 0.3) is 0 Å². The predicted molar refractivity (Wildman–Crippen MR) is 112 cm³/mol. The van der Waals surface area contributed by atoms with Gasteiger partial charge in [-0.25, -0.2) is 4.39 Å².